The Kier molecular flexibility index (Phi) is 3.84. The number of aromatic hydroxyl groups is 3. The molecule has 2 aromatic rings. The van der Waals surface area contributed by atoms with Crippen molar-refractivity contribution in [1.29, 1.82) is 0 Å². The molecule has 0 radical (unpaired) electrons. The van der Waals surface area contributed by atoms with Gasteiger partial charge in [0.2, 0.25) is 0 Å². The second-order valence-electron chi connectivity index (χ2n) is 4.38. The number of hydrogen-bond donors (Lipinski definition) is 3. The van der Waals surface area contributed by atoms with Gasteiger partial charge in [0, 0.05) is 16.7 Å². The Morgan fingerprint density at radius 3 is 2.19 bits per heavy atom. The number of aldehydes is 1. The molecule has 0 aromatic heterocycles. The molecule has 5 nitrogen and oxygen atoms in total. The smallest absolute Gasteiger partial charge is 0.165 e. The molecule has 0 aliphatic heterocycles. The molecule has 0 fully saturated rings. The van der Waals surface area contributed by atoms with E-state index >= 15 is 0 Å². The summed E-state index contributed by atoms with van der Waals surface area (Å²) >= 11 is 0. The molecule has 2 aromatic carbocycles. The predicted octanol–water partition coefficient (Wildman–Crippen LogP) is 2.93. The van der Waals surface area contributed by atoms with Crippen molar-refractivity contribution < 1.29 is 24.9 Å². The van der Waals surface area contributed by atoms with Gasteiger partial charge < -0.3 is 20.1 Å². The van der Waals surface area contributed by atoms with Crippen LogP contribution in [0.15, 0.2) is 30.8 Å². The number of hydrogen-bond acceptors (Lipinski definition) is 5. The molecule has 2 rings (SSSR count). The van der Waals surface area contributed by atoms with E-state index in [0.29, 0.717) is 11.8 Å². The summed E-state index contributed by atoms with van der Waals surface area (Å²) in [6.45, 7) is 3.59. The average Bonchev–Trinajstić information content (AvgIpc) is 2.50. The standard InChI is InChI=1S/C16H14O5/c1-3-9-4-11(15(19)13(18)6-9)12-5-10(8-17)7-14(21-2)16(12)20/h3-8,18-20H,1H2,2H3. The van der Waals surface area contributed by atoms with Gasteiger partial charge in [0.1, 0.15) is 6.29 Å². The molecule has 0 aliphatic rings. The summed E-state index contributed by atoms with van der Waals surface area (Å²) in [4.78, 5) is 11.0. The van der Waals surface area contributed by atoms with Crippen LogP contribution < -0.4 is 4.74 Å². The van der Waals surface area contributed by atoms with E-state index < -0.39 is 5.75 Å². The highest BCUT2D eigenvalue weighted by Gasteiger charge is 2.17. The SMILES string of the molecule is C=Cc1cc(O)c(O)c(-c2cc(C=O)cc(OC)c2O)c1. The van der Waals surface area contributed by atoms with Gasteiger partial charge in [-0.15, -0.1) is 0 Å². The molecule has 3 N–H and O–H groups in total. The minimum Gasteiger partial charge on any atom is -0.504 e. The number of methoxy groups -OCH3 is 1. The third-order valence-corrected chi connectivity index (χ3v) is 3.09. The van der Waals surface area contributed by atoms with Crippen LogP contribution in [-0.2, 0) is 0 Å². The summed E-state index contributed by atoms with van der Waals surface area (Å²) in [5.74, 6) is -0.894. The topological polar surface area (TPSA) is 87.0 Å². The van der Waals surface area contributed by atoms with Crippen LogP contribution in [-0.4, -0.2) is 28.7 Å². The Hall–Kier alpha value is -2.95. The van der Waals surface area contributed by atoms with E-state index in [1.165, 1.54) is 37.5 Å². The lowest BCUT2D eigenvalue weighted by Crippen LogP contribution is -1.91. The lowest BCUT2D eigenvalue weighted by atomic mass is 9.98. The van der Waals surface area contributed by atoms with Crippen LogP contribution in [0.25, 0.3) is 17.2 Å². The number of phenolic OH excluding ortho intramolecular Hbond substituents is 3. The molecule has 0 amide bonds. The first-order valence-electron chi connectivity index (χ1n) is 6.06. The van der Waals surface area contributed by atoms with Crippen molar-refractivity contribution in [3.05, 3.63) is 42.0 Å². The number of ether oxygens (including phenoxy) is 1. The minimum atomic E-state index is -0.402. The molecule has 0 unspecified atom stereocenters. The molecule has 0 bridgehead atoms. The molecular weight excluding hydrogens is 272 g/mol. The normalized spacial score (nSPS) is 10.1. The van der Waals surface area contributed by atoms with Crippen molar-refractivity contribution in [2.45, 2.75) is 0 Å². The van der Waals surface area contributed by atoms with E-state index in [2.05, 4.69) is 6.58 Å². The van der Waals surface area contributed by atoms with Crippen molar-refractivity contribution in [2.75, 3.05) is 7.11 Å². The summed E-state index contributed by atoms with van der Waals surface area (Å²) in [7, 11) is 1.35. The van der Waals surface area contributed by atoms with Gasteiger partial charge in [-0.25, -0.2) is 0 Å². The Balaban J connectivity index is 2.80. The quantitative estimate of drug-likeness (QED) is 0.594. The molecule has 0 spiro atoms. The molecule has 0 saturated carbocycles. The molecule has 0 aliphatic carbocycles. The lowest BCUT2D eigenvalue weighted by molar-refractivity contribution is 0.112. The first-order chi connectivity index (χ1) is 10.0. The van der Waals surface area contributed by atoms with Gasteiger partial charge in [0.15, 0.2) is 23.0 Å². The Labute approximate surface area is 121 Å². The molecule has 0 atom stereocenters. The number of benzene rings is 2. The van der Waals surface area contributed by atoms with Gasteiger partial charge in [0.05, 0.1) is 7.11 Å². The molecule has 0 heterocycles. The number of rotatable bonds is 4. The number of carbonyl (C=O) groups is 1. The Morgan fingerprint density at radius 2 is 1.62 bits per heavy atom. The molecular formula is C16H14O5. The van der Waals surface area contributed by atoms with Gasteiger partial charge in [-0.1, -0.05) is 12.7 Å². The van der Waals surface area contributed by atoms with E-state index in [-0.39, 0.29) is 33.9 Å². The average molecular weight is 286 g/mol. The van der Waals surface area contributed by atoms with Crippen LogP contribution >= 0.6 is 0 Å². The highest BCUT2D eigenvalue weighted by molar-refractivity contribution is 5.87. The summed E-state index contributed by atoms with van der Waals surface area (Å²) in [6.07, 6.45) is 2.08. The molecule has 108 valence electrons. The second-order valence-corrected chi connectivity index (χ2v) is 4.38. The summed E-state index contributed by atoms with van der Waals surface area (Å²) in [5.41, 5.74) is 1.16. The molecule has 0 saturated heterocycles. The summed E-state index contributed by atoms with van der Waals surface area (Å²) in [6, 6.07) is 5.64. The summed E-state index contributed by atoms with van der Waals surface area (Å²) in [5, 5.41) is 29.9. The number of carbonyl (C=O) groups excluding carboxylic acids is 1. The predicted molar refractivity (Wildman–Crippen MR) is 78.9 cm³/mol. The maximum atomic E-state index is 11.0. The van der Waals surface area contributed by atoms with Crippen molar-refractivity contribution >= 4 is 12.4 Å². The van der Waals surface area contributed by atoms with E-state index in [9.17, 15) is 20.1 Å². The third kappa shape index (κ3) is 2.53. The molecule has 21 heavy (non-hydrogen) atoms. The highest BCUT2D eigenvalue weighted by atomic mass is 16.5. The highest BCUT2D eigenvalue weighted by Crippen LogP contribution is 2.45. The molecule has 5 heteroatoms. The number of phenols is 3. The zero-order chi connectivity index (χ0) is 15.6. The first kappa shape index (κ1) is 14.5. The van der Waals surface area contributed by atoms with Crippen LogP contribution in [0.2, 0.25) is 0 Å². The van der Waals surface area contributed by atoms with Gasteiger partial charge in [-0.2, -0.15) is 0 Å². The van der Waals surface area contributed by atoms with E-state index in [1.54, 1.807) is 0 Å². The van der Waals surface area contributed by atoms with Crippen molar-refractivity contribution in [1.82, 2.24) is 0 Å². The zero-order valence-electron chi connectivity index (χ0n) is 11.3. The zero-order valence-corrected chi connectivity index (χ0v) is 11.3. The third-order valence-electron chi connectivity index (χ3n) is 3.09. The maximum absolute atomic E-state index is 11.0. The van der Waals surface area contributed by atoms with Gasteiger partial charge in [-0.05, 0) is 29.8 Å². The van der Waals surface area contributed by atoms with Crippen LogP contribution in [0, 0.1) is 0 Å². The van der Waals surface area contributed by atoms with E-state index in [1.807, 2.05) is 0 Å². The van der Waals surface area contributed by atoms with Crippen molar-refractivity contribution in [3.8, 4) is 34.1 Å². The van der Waals surface area contributed by atoms with Crippen LogP contribution in [0.1, 0.15) is 15.9 Å². The van der Waals surface area contributed by atoms with E-state index in [4.69, 9.17) is 4.74 Å². The van der Waals surface area contributed by atoms with Gasteiger partial charge in [0.25, 0.3) is 0 Å². The van der Waals surface area contributed by atoms with Crippen LogP contribution in [0.4, 0.5) is 0 Å². The fourth-order valence-electron chi connectivity index (χ4n) is 2.02. The second kappa shape index (κ2) is 5.58. The monoisotopic (exact) mass is 286 g/mol. The Bertz CT molecular complexity index is 719. The first-order valence-corrected chi connectivity index (χ1v) is 6.06. The van der Waals surface area contributed by atoms with Crippen LogP contribution in [0.5, 0.6) is 23.0 Å². The largest absolute Gasteiger partial charge is 0.504 e. The van der Waals surface area contributed by atoms with Gasteiger partial charge in [-0.3, -0.25) is 4.79 Å². The van der Waals surface area contributed by atoms with Crippen molar-refractivity contribution in [2.24, 2.45) is 0 Å². The summed E-state index contributed by atoms with van der Waals surface area (Å²) < 4.78 is 5.00. The fourth-order valence-corrected chi connectivity index (χ4v) is 2.02. The lowest BCUT2D eigenvalue weighted by Gasteiger charge is -2.13. The van der Waals surface area contributed by atoms with E-state index in [0.717, 1.165) is 0 Å². The van der Waals surface area contributed by atoms with Gasteiger partial charge >= 0.3 is 0 Å². The van der Waals surface area contributed by atoms with Crippen LogP contribution in [0.3, 0.4) is 0 Å². The minimum absolute atomic E-state index is 0.0949. The fraction of sp³-hybridized carbons (Fsp3) is 0.0625. The van der Waals surface area contributed by atoms with Crippen molar-refractivity contribution in [3.63, 3.8) is 0 Å². The maximum Gasteiger partial charge on any atom is 0.165 e. The Morgan fingerprint density at radius 1 is 1.00 bits per heavy atom.